The number of aromatic nitrogens is 2. The molecule has 0 unspecified atom stereocenters. The Hall–Kier alpha value is -2.08. The third kappa shape index (κ3) is 6.20. The second-order valence-electron chi connectivity index (χ2n) is 5.52. The third-order valence-corrected chi connectivity index (χ3v) is 3.76. The molecule has 1 aromatic carbocycles. The van der Waals surface area contributed by atoms with Gasteiger partial charge in [0.2, 0.25) is 11.7 Å². The van der Waals surface area contributed by atoms with E-state index >= 15 is 0 Å². The summed E-state index contributed by atoms with van der Waals surface area (Å²) in [6.45, 7) is 3.56. The van der Waals surface area contributed by atoms with E-state index in [-0.39, 0.29) is 0 Å². The zero-order valence-electron chi connectivity index (χ0n) is 14.0. The van der Waals surface area contributed by atoms with E-state index in [0.29, 0.717) is 35.7 Å². The summed E-state index contributed by atoms with van der Waals surface area (Å²) in [4.78, 5) is 8.65. The molecule has 3 N–H and O–H groups in total. The average molecular weight is 350 g/mol. The van der Waals surface area contributed by atoms with Gasteiger partial charge in [0.1, 0.15) is 0 Å². The zero-order chi connectivity index (χ0) is 17.2. The highest BCUT2D eigenvalue weighted by molar-refractivity contribution is 6.30. The molecule has 0 saturated carbocycles. The highest BCUT2D eigenvalue weighted by Gasteiger charge is 2.08. The first-order valence-electron chi connectivity index (χ1n) is 8.31. The highest BCUT2D eigenvalue weighted by Crippen LogP contribution is 2.18. The van der Waals surface area contributed by atoms with Crippen molar-refractivity contribution in [1.29, 1.82) is 0 Å². The van der Waals surface area contributed by atoms with Crippen LogP contribution in [-0.4, -0.2) is 29.2 Å². The van der Waals surface area contributed by atoms with Crippen molar-refractivity contribution in [1.82, 2.24) is 15.5 Å². The van der Waals surface area contributed by atoms with Crippen LogP contribution in [0.2, 0.25) is 5.02 Å². The van der Waals surface area contributed by atoms with Gasteiger partial charge in [0, 0.05) is 30.1 Å². The maximum absolute atomic E-state index is 5.87. The lowest BCUT2D eigenvalue weighted by molar-refractivity contribution is 0.379. The Morgan fingerprint density at radius 1 is 1.25 bits per heavy atom. The lowest BCUT2D eigenvalue weighted by Gasteiger charge is -2.03. The first-order valence-corrected chi connectivity index (χ1v) is 8.69. The normalized spacial score (nSPS) is 11.7. The van der Waals surface area contributed by atoms with E-state index in [2.05, 4.69) is 27.4 Å². The van der Waals surface area contributed by atoms with E-state index in [9.17, 15) is 0 Å². The number of benzene rings is 1. The molecule has 2 aromatic rings. The topological polar surface area (TPSA) is 89.3 Å². The minimum Gasteiger partial charge on any atom is -0.370 e. The van der Waals surface area contributed by atoms with Crippen LogP contribution in [0.4, 0.5) is 0 Å². The Bertz CT molecular complexity index is 639. The molecule has 1 aromatic heterocycles. The summed E-state index contributed by atoms with van der Waals surface area (Å²) >= 11 is 5.87. The number of aliphatic imine (C=N–C) groups is 1. The molecule has 0 aliphatic rings. The first kappa shape index (κ1) is 18.3. The summed E-state index contributed by atoms with van der Waals surface area (Å²) in [6, 6.07) is 7.31. The van der Waals surface area contributed by atoms with Gasteiger partial charge in [-0.15, -0.1) is 0 Å². The molecule has 1 heterocycles. The minimum atomic E-state index is 0.462. The van der Waals surface area contributed by atoms with Crippen LogP contribution < -0.4 is 11.1 Å². The molecular weight excluding hydrogens is 326 g/mol. The van der Waals surface area contributed by atoms with Gasteiger partial charge in [-0.3, -0.25) is 4.99 Å². The zero-order valence-corrected chi connectivity index (χ0v) is 14.7. The molecule has 2 rings (SSSR count). The van der Waals surface area contributed by atoms with Crippen molar-refractivity contribution in [3.05, 3.63) is 35.2 Å². The van der Waals surface area contributed by atoms with Gasteiger partial charge >= 0.3 is 0 Å². The number of guanidine groups is 1. The number of hydrogen-bond acceptors (Lipinski definition) is 4. The molecular formula is C17H24ClN5O. The molecule has 0 aliphatic heterocycles. The molecule has 0 saturated heterocycles. The van der Waals surface area contributed by atoms with Gasteiger partial charge in [0.25, 0.3) is 0 Å². The fourth-order valence-corrected chi connectivity index (χ4v) is 2.29. The molecule has 6 nitrogen and oxygen atoms in total. The van der Waals surface area contributed by atoms with Crippen LogP contribution in [0.1, 0.15) is 38.5 Å². The molecule has 0 radical (unpaired) electrons. The second kappa shape index (κ2) is 9.93. The molecule has 0 atom stereocenters. The van der Waals surface area contributed by atoms with Gasteiger partial charge in [-0.25, -0.2) is 0 Å². The lowest BCUT2D eigenvalue weighted by Crippen LogP contribution is -2.33. The van der Waals surface area contributed by atoms with Crippen LogP contribution in [0.25, 0.3) is 11.4 Å². The summed E-state index contributed by atoms with van der Waals surface area (Å²) in [6.07, 6.45) is 5.33. The van der Waals surface area contributed by atoms with Crippen molar-refractivity contribution in [2.24, 2.45) is 10.7 Å². The molecule has 0 fully saturated rings. The van der Waals surface area contributed by atoms with Crippen molar-refractivity contribution < 1.29 is 4.52 Å². The average Bonchev–Trinajstić information content (AvgIpc) is 3.04. The van der Waals surface area contributed by atoms with Gasteiger partial charge < -0.3 is 15.6 Å². The summed E-state index contributed by atoms with van der Waals surface area (Å²) in [5.41, 5.74) is 6.69. The number of unbranched alkanes of at least 4 members (excludes halogenated alkanes) is 3. The molecule has 7 heteroatoms. The predicted molar refractivity (Wildman–Crippen MR) is 97.1 cm³/mol. The minimum absolute atomic E-state index is 0.462. The van der Waals surface area contributed by atoms with Crippen molar-refractivity contribution in [2.75, 3.05) is 13.1 Å². The Labute approximate surface area is 147 Å². The van der Waals surface area contributed by atoms with Gasteiger partial charge in [-0.2, -0.15) is 4.98 Å². The van der Waals surface area contributed by atoms with E-state index in [1.54, 1.807) is 12.1 Å². The number of halogens is 1. The van der Waals surface area contributed by atoms with Crippen molar-refractivity contribution in [3.63, 3.8) is 0 Å². The van der Waals surface area contributed by atoms with E-state index in [0.717, 1.165) is 18.5 Å². The van der Waals surface area contributed by atoms with Crippen molar-refractivity contribution in [2.45, 2.75) is 39.0 Å². The molecule has 0 bridgehead atoms. The van der Waals surface area contributed by atoms with Gasteiger partial charge in [-0.1, -0.05) is 42.9 Å². The Balaban J connectivity index is 1.73. The maximum Gasteiger partial charge on any atom is 0.228 e. The summed E-state index contributed by atoms with van der Waals surface area (Å²) < 4.78 is 5.24. The smallest absolute Gasteiger partial charge is 0.228 e. The van der Waals surface area contributed by atoms with Gasteiger partial charge in [0.15, 0.2) is 5.96 Å². The maximum atomic E-state index is 5.87. The summed E-state index contributed by atoms with van der Waals surface area (Å²) in [5.74, 6) is 1.58. The van der Waals surface area contributed by atoms with E-state index in [4.69, 9.17) is 21.9 Å². The monoisotopic (exact) mass is 349 g/mol. The van der Waals surface area contributed by atoms with Crippen LogP contribution in [0.15, 0.2) is 33.8 Å². The van der Waals surface area contributed by atoms with Crippen molar-refractivity contribution >= 4 is 17.6 Å². The largest absolute Gasteiger partial charge is 0.370 e. The number of rotatable bonds is 9. The van der Waals surface area contributed by atoms with E-state index < -0.39 is 0 Å². The van der Waals surface area contributed by atoms with Gasteiger partial charge in [0.05, 0.1) is 0 Å². The molecule has 0 spiro atoms. The van der Waals surface area contributed by atoms with Crippen LogP contribution in [-0.2, 0) is 6.42 Å². The fraction of sp³-hybridized carbons (Fsp3) is 0.471. The Morgan fingerprint density at radius 3 is 2.79 bits per heavy atom. The number of nitrogens with one attached hydrogen (secondary N) is 1. The lowest BCUT2D eigenvalue weighted by atomic mass is 10.2. The molecule has 0 amide bonds. The van der Waals surface area contributed by atoms with Crippen LogP contribution in [0.5, 0.6) is 0 Å². The summed E-state index contributed by atoms with van der Waals surface area (Å²) in [5, 5.41) is 7.71. The van der Waals surface area contributed by atoms with Crippen molar-refractivity contribution in [3.8, 4) is 11.4 Å². The fourth-order valence-electron chi connectivity index (χ4n) is 2.16. The standard InChI is InChI=1S/C17H24ClN5O/c1-2-3-4-5-11-20-17(19)21-12-10-15-22-16(23-24-15)13-6-8-14(18)9-7-13/h6-9H,2-5,10-12H2,1H3,(H3,19,20,21). The van der Waals surface area contributed by atoms with Crippen LogP contribution in [0.3, 0.4) is 0 Å². The SMILES string of the molecule is CCCCCCN=C(N)NCCc1nc(-c2ccc(Cl)cc2)no1. The summed E-state index contributed by atoms with van der Waals surface area (Å²) in [7, 11) is 0. The number of nitrogens with zero attached hydrogens (tertiary/aromatic N) is 3. The quantitative estimate of drug-likeness (QED) is 0.411. The highest BCUT2D eigenvalue weighted by atomic mass is 35.5. The Morgan fingerprint density at radius 2 is 2.04 bits per heavy atom. The van der Waals surface area contributed by atoms with Gasteiger partial charge in [-0.05, 0) is 30.7 Å². The molecule has 0 aliphatic carbocycles. The third-order valence-electron chi connectivity index (χ3n) is 3.51. The van der Waals surface area contributed by atoms with Crippen LogP contribution >= 0.6 is 11.6 Å². The first-order chi connectivity index (χ1) is 11.7. The number of hydrogen-bond donors (Lipinski definition) is 2. The molecule has 130 valence electrons. The number of nitrogens with two attached hydrogens (primary N) is 1. The molecule has 24 heavy (non-hydrogen) atoms. The van der Waals surface area contributed by atoms with Crippen LogP contribution in [0, 0.1) is 0 Å². The second-order valence-corrected chi connectivity index (χ2v) is 5.96. The van der Waals surface area contributed by atoms with E-state index in [1.807, 2.05) is 12.1 Å². The van der Waals surface area contributed by atoms with E-state index in [1.165, 1.54) is 19.3 Å². The predicted octanol–water partition coefficient (Wildman–Crippen LogP) is 3.42. The Kier molecular flexibility index (Phi) is 7.55.